The Morgan fingerprint density at radius 2 is 1.85 bits per heavy atom. The van der Waals surface area contributed by atoms with Crippen molar-refractivity contribution < 1.29 is 29.5 Å². The zero-order chi connectivity index (χ0) is 20.4. The third-order valence-corrected chi connectivity index (χ3v) is 3.70. The number of aliphatic carboxylic acids is 1. The molecule has 1 aromatic rings. The lowest BCUT2D eigenvalue weighted by Gasteiger charge is -2.16. The van der Waals surface area contributed by atoms with E-state index in [1.165, 1.54) is 0 Å². The van der Waals surface area contributed by atoms with E-state index >= 15 is 0 Å². The molecule has 1 aliphatic heterocycles. The molecule has 148 valence electrons. The fraction of sp³-hybridized carbons (Fsp3) is 0.500. The standard InChI is InChI=1S/C14H20N2O3.C4H5NO3/c1-10(2)9-12(14(18)19)16-13(17)7-6-11-5-3-4-8-15-11;6-3-1-2-4(7)5(3)8/h3-5,8,10,12H,6-7,9H2,1-2H3,(H,16,17)(H,18,19);8H,1-2H2/t12-;/m0./s1. The van der Waals surface area contributed by atoms with E-state index in [1.807, 2.05) is 32.0 Å². The Balaban J connectivity index is 0.000000377. The van der Waals surface area contributed by atoms with Crippen LogP contribution in [0.3, 0.4) is 0 Å². The highest BCUT2D eigenvalue weighted by Crippen LogP contribution is 2.07. The number of hydrogen-bond donors (Lipinski definition) is 3. The Bertz CT molecular complexity index is 646. The summed E-state index contributed by atoms with van der Waals surface area (Å²) in [7, 11) is 0. The lowest BCUT2D eigenvalue weighted by atomic mass is 10.0. The van der Waals surface area contributed by atoms with Gasteiger partial charge in [-0.1, -0.05) is 19.9 Å². The van der Waals surface area contributed by atoms with Crippen molar-refractivity contribution in [2.45, 2.75) is 52.0 Å². The molecule has 0 bridgehead atoms. The van der Waals surface area contributed by atoms with Gasteiger partial charge in [-0.3, -0.25) is 24.6 Å². The summed E-state index contributed by atoms with van der Waals surface area (Å²) >= 11 is 0. The minimum atomic E-state index is -0.986. The molecule has 0 aliphatic carbocycles. The summed E-state index contributed by atoms with van der Waals surface area (Å²) in [4.78, 5) is 47.3. The van der Waals surface area contributed by atoms with Crippen LogP contribution in [0.15, 0.2) is 24.4 Å². The van der Waals surface area contributed by atoms with Gasteiger partial charge in [-0.25, -0.2) is 4.79 Å². The van der Waals surface area contributed by atoms with Gasteiger partial charge in [-0.2, -0.15) is 5.06 Å². The number of imide groups is 1. The maximum Gasteiger partial charge on any atom is 0.326 e. The van der Waals surface area contributed by atoms with Gasteiger partial charge in [0.2, 0.25) is 5.91 Å². The average molecular weight is 379 g/mol. The van der Waals surface area contributed by atoms with Gasteiger partial charge in [0.15, 0.2) is 0 Å². The van der Waals surface area contributed by atoms with Crippen molar-refractivity contribution in [2.24, 2.45) is 5.92 Å². The maximum absolute atomic E-state index is 11.7. The Labute approximate surface area is 157 Å². The number of pyridine rings is 1. The van der Waals surface area contributed by atoms with Gasteiger partial charge in [0.25, 0.3) is 11.8 Å². The van der Waals surface area contributed by atoms with Crippen LogP contribution in [0.5, 0.6) is 0 Å². The monoisotopic (exact) mass is 379 g/mol. The number of hydrogen-bond acceptors (Lipinski definition) is 6. The number of hydroxylamine groups is 2. The molecule has 1 atom stereocenters. The minimum absolute atomic E-state index is 0.148. The quantitative estimate of drug-likeness (QED) is 0.477. The Morgan fingerprint density at radius 3 is 2.26 bits per heavy atom. The van der Waals surface area contributed by atoms with Crippen molar-refractivity contribution >= 4 is 23.7 Å². The van der Waals surface area contributed by atoms with Crippen molar-refractivity contribution in [1.29, 1.82) is 0 Å². The number of aryl methyl sites for hydroxylation is 1. The van der Waals surface area contributed by atoms with Crippen LogP contribution in [0.2, 0.25) is 0 Å². The molecule has 0 saturated carbocycles. The van der Waals surface area contributed by atoms with E-state index in [1.54, 1.807) is 6.20 Å². The molecule has 1 aliphatic rings. The first-order valence-electron chi connectivity index (χ1n) is 8.67. The second-order valence-corrected chi connectivity index (χ2v) is 6.51. The molecule has 0 radical (unpaired) electrons. The predicted molar refractivity (Wildman–Crippen MR) is 94.5 cm³/mol. The zero-order valence-corrected chi connectivity index (χ0v) is 15.4. The summed E-state index contributed by atoms with van der Waals surface area (Å²) in [5.74, 6) is -2.03. The van der Waals surface area contributed by atoms with Gasteiger partial charge in [-0.05, 0) is 30.9 Å². The third kappa shape index (κ3) is 8.41. The average Bonchev–Trinajstić information content (AvgIpc) is 2.91. The smallest absolute Gasteiger partial charge is 0.326 e. The second-order valence-electron chi connectivity index (χ2n) is 6.51. The lowest BCUT2D eigenvalue weighted by molar-refractivity contribution is -0.171. The number of carbonyl (C=O) groups is 4. The maximum atomic E-state index is 11.7. The normalized spacial score (nSPS) is 14.6. The molecule has 0 aromatic carbocycles. The number of aromatic nitrogens is 1. The Hall–Kier alpha value is -2.81. The van der Waals surface area contributed by atoms with Gasteiger partial charge in [0.05, 0.1) is 0 Å². The highest BCUT2D eigenvalue weighted by atomic mass is 16.5. The first kappa shape index (κ1) is 22.2. The fourth-order valence-corrected chi connectivity index (χ4v) is 2.31. The predicted octanol–water partition coefficient (Wildman–Crippen LogP) is 1.15. The third-order valence-electron chi connectivity index (χ3n) is 3.70. The minimum Gasteiger partial charge on any atom is -0.480 e. The summed E-state index contributed by atoms with van der Waals surface area (Å²) in [5, 5.41) is 20.1. The largest absolute Gasteiger partial charge is 0.480 e. The van der Waals surface area contributed by atoms with Crippen LogP contribution < -0.4 is 5.32 Å². The van der Waals surface area contributed by atoms with Crippen LogP contribution in [0.4, 0.5) is 0 Å². The van der Waals surface area contributed by atoms with E-state index < -0.39 is 23.8 Å². The van der Waals surface area contributed by atoms with Crippen molar-refractivity contribution in [1.82, 2.24) is 15.4 Å². The fourth-order valence-electron chi connectivity index (χ4n) is 2.31. The van der Waals surface area contributed by atoms with Crippen molar-refractivity contribution in [3.63, 3.8) is 0 Å². The molecule has 3 amide bonds. The molecule has 2 rings (SSSR count). The van der Waals surface area contributed by atoms with E-state index in [9.17, 15) is 19.2 Å². The van der Waals surface area contributed by atoms with Crippen molar-refractivity contribution in [3.8, 4) is 0 Å². The summed E-state index contributed by atoms with van der Waals surface area (Å²) in [6.45, 7) is 3.85. The molecule has 1 fully saturated rings. The number of carbonyl (C=O) groups excluding carboxylic acids is 3. The van der Waals surface area contributed by atoms with Gasteiger partial charge in [0.1, 0.15) is 6.04 Å². The Morgan fingerprint density at radius 1 is 1.22 bits per heavy atom. The summed E-state index contributed by atoms with van der Waals surface area (Å²) in [6.07, 6.45) is 3.17. The van der Waals surface area contributed by atoms with Gasteiger partial charge in [-0.15, -0.1) is 0 Å². The molecular formula is C18H25N3O6. The molecule has 3 N–H and O–H groups in total. The number of rotatable bonds is 7. The second kappa shape index (κ2) is 11.0. The van der Waals surface area contributed by atoms with Crippen LogP contribution in [-0.4, -0.2) is 50.1 Å². The lowest BCUT2D eigenvalue weighted by Crippen LogP contribution is -2.41. The molecule has 1 saturated heterocycles. The van der Waals surface area contributed by atoms with E-state index in [0.29, 0.717) is 12.8 Å². The number of nitrogens with one attached hydrogen (secondary N) is 1. The first-order chi connectivity index (χ1) is 12.7. The first-order valence-corrected chi connectivity index (χ1v) is 8.67. The van der Waals surface area contributed by atoms with Crippen LogP contribution in [-0.2, 0) is 25.6 Å². The number of nitrogens with zero attached hydrogens (tertiary/aromatic N) is 2. The molecule has 2 heterocycles. The van der Waals surface area contributed by atoms with Crippen molar-refractivity contribution in [2.75, 3.05) is 0 Å². The van der Waals surface area contributed by atoms with E-state index in [2.05, 4.69) is 10.3 Å². The molecular weight excluding hydrogens is 354 g/mol. The number of amides is 3. The summed E-state index contributed by atoms with van der Waals surface area (Å²) < 4.78 is 0. The van der Waals surface area contributed by atoms with Gasteiger partial charge < -0.3 is 10.4 Å². The molecule has 0 unspecified atom stereocenters. The van der Waals surface area contributed by atoms with Crippen LogP contribution >= 0.6 is 0 Å². The van der Waals surface area contributed by atoms with E-state index in [0.717, 1.165) is 5.69 Å². The van der Waals surface area contributed by atoms with Gasteiger partial charge >= 0.3 is 5.97 Å². The SMILES string of the molecule is CC(C)C[C@H](NC(=O)CCc1ccccn1)C(=O)O.O=C1CCC(=O)N1O. The van der Waals surface area contributed by atoms with Gasteiger partial charge in [0, 0.05) is 31.2 Å². The van der Waals surface area contributed by atoms with E-state index in [4.69, 9.17) is 10.3 Å². The van der Waals surface area contributed by atoms with Crippen LogP contribution in [0, 0.1) is 5.92 Å². The molecule has 1 aromatic heterocycles. The van der Waals surface area contributed by atoms with E-state index in [-0.39, 0.29) is 36.2 Å². The molecule has 9 heteroatoms. The highest BCUT2D eigenvalue weighted by molar-refractivity contribution is 6.00. The Kier molecular flexibility index (Phi) is 9.07. The summed E-state index contributed by atoms with van der Waals surface area (Å²) in [6, 6.07) is 4.71. The van der Waals surface area contributed by atoms with Crippen molar-refractivity contribution in [3.05, 3.63) is 30.1 Å². The molecule has 27 heavy (non-hydrogen) atoms. The molecule has 0 spiro atoms. The highest BCUT2D eigenvalue weighted by Gasteiger charge is 2.26. The van der Waals surface area contributed by atoms with Crippen LogP contribution in [0.1, 0.15) is 45.2 Å². The van der Waals surface area contributed by atoms with Crippen LogP contribution in [0.25, 0.3) is 0 Å². The summed E-state index contributed by atoms with van der Waals surface area (Å²) in [5.41, 5.74) is 0.827. The molecule has 9 nitrogen and oxygen atoms in total. The number of carboxylic acids is 1. The number of carboxylic acid groups (broad SMARTS) is 1. The topological polar surface area (TPSA) is 137 Å². The zero-order valence-electron chi connectivity index (χ0n) is 15.4.